The molecule has 0 aliphatic heterocycles. The number of rotatable bonds is 10. The number of ether oxygens (including phenoxy) is 1. The molecular weight excluding hydrogens is 427 g/mol. The van der Waals surface area contributed by atoms with E-state index in [0.29, 0.717) is 12.1 Å². The molecule has 0 spiro atoms. The fourth-order valence-electron chi connectivity index (χ4n) is 2.63. The highest BCUT2D eigenvalue weighted by Gasteiger charge is 2.19. The van der Waals surface area contributed by atoms with Gasteiger partial charge in [-0.15, -0.1) is 0 Å². The van der Waals surface area contributed by atoms with Crippen LogP contribution in [0.5, 0.6) is 0 Å². The van der Waals surface area contributed by atoms with Crippen molar-refractivity contribution >= 4 is 33.4 Å². The number of esters is 1. The summed E-state index contributed by atoms with van der Waals surface area (Å²) in [6.07, 6.45) is 3.19. The van der Waals surface area contributed by atoms with Crippen molar-refractivity contribution in [1.82, 2.24) is 0 Å². The molecule has 0 fully saturated rings. The van der Waals surface area contributed by atoms with Crippen LogP contribution in [0.1, 0.15) is 53.3 Å². The van der Waals surface area contributed by atoms with Crippen molar-refractivity contribution in [2.24, 2.45) is 5.14 Å². The normalized spacial score (nSPS) is 11.1. The summed E-state index contributed by atoms with van der Waals surface area (Å²) in [5.74, 6) is -2.89. The SMILES string of the molecule is CCCCCC(=O)Nc1ccc(C(=O)COC(=O)c2cc(S(N)(=O)=O)ccc2F)cc1. The first-order valence-corrected chi connectivity index (χ1v) is 11.1. The van der Waals surface area contributed by atoms with Crippen LogP contribution in [0.2, 0.25) is 0 Å². The monoisotopic (exact) mass is 450 g/mol. The molecule has 0 aliphatic rings. The highest BCUT2D eigenvalue weighted by atomic mass is 32.2. The summed E-state index contributed by atoms with van der Waals surface area (Å²) in [4.78, 5) is 35.7. The largest absolute Gasteiger partial charge is 0.454 e. The standard InChI is InChI=1S/C21H23FN2O6S/c1-2-3-4-5-20(26)24-15-8-6-14(7-9-15)19(25)13-30-21(27)17-12-16(31(23,28)29)10-11-18(17)22/h6-12H,2-5,13H2,1H3,(H,24,26)(H2,23,28,29). The lowest BCUT2D eigenvalue weighted by atomic mass is 10.1. The Morgan fingerprint density at radius 3 is 2.35 bits per heavy atom. The summed E-state index contributed by atoms with van der Waals surface area (Å²) in [5.41, 5.74) is 0.0907. The lowest BCUT2D eigenvalue weighted by Crippen LogP contribution is -2.17. The number of halogens is 1. The maximum atomic E-state index is 13.8. The first-order valence-electron chi connectivity index (χ1n) is 9.54. The second-order valence-electron chi connectivity index (χ2n) is 6.77. The van der Waals surface area contributed by atoms with Gasteiger partial charge >= 0.3 is 5.97 Å². The number of carbonyl (C=O) groups excluding carboxylic acids is 3. The number of carbonyl (C=O) groups is 3. The van der Waals surface area contributed by atoms with E-state index in [-0.39, 0.29) is 11.5 Å². The first-order chi connectivity index (χ1) is 14.6. The number of Topliss-reactive ketones (excluding diaryl/α,β-unsaturated/α-hetero) is 1. The highest BCUT2D eigenvalue weighted by molar-refractivity contribution is 7.89. The number of nitrogens with one attached hydrogen (secondary N) is 1. The zero-order chi connectivity index (χ0) is 23.0. The zero-order valence-electron chi connectivity index (χ0n) is 16.9. The van der Waals surface area contributed by atoms with E-state index in [0.717, 1.165) is 37.5 Å². The van der Waals surface area contributed by atoms with Crippen LogP contribution in [0.3, 0.4) is 0 Å². The van der Waals surface area contributed by atoms with E-state index in [1.54, 1.807) is 12.1 Å². The van der Waals surface area contributed by atoms with Gasteiger partial charge in [-0.2, -0.15) is 0 Å². The number of unbranched alkanes of at least 4 members (excludes halogenated alkanes) is 2. The summed E-state index contributed by atoms with van der Waals surface area (Å²) in [5, 5.41) is 7.69. The molecule has 2 rings (SSSR count). The molecule has 0 saturated heterocycles. The molecule has 0 saturated carbocycles. The van der Waals surface area contributed by atoms with Crippen molar-refractivity contribution in [3.05, 3.63) is 59.4 Å². The Kier molecular flexibility index (Phi) is 8.40. The van der Waals surface area contributed by atoms with Crippen LogP contribution in [0.25, 0.3) is 0 Å². The van der Waals surface area contributed by atoms with E-state index >= 15 is 0 Å². The number of nitrogens with two attached hydrogens (primary N) is 1. The molecule has 8 nitrogen and oxygen atoms in total. The maximum Gasteiger partial charge on any atom is 0.341 e. The molecule has 0 aromatic heterocycles. The Balaban J connectivity index is 1.95. The molecule has 0 radical (unpaired) electrons. The molecule has 31 heavy (non-hydrogen) atoms. The summed E-state index contributed by atoms with van der Waals surface area (Å²) in [7, 11) is -4.14. The van der Waals surface area contributed by atoms with Gasteiger partial charge in [0.2, 0.25) is 15.9 Å². The third-order valence-corrected chi connectivity index (χ3v) is 5.23. The first kappa shape index (κ1) is 24.2. The van der Waals surface area contributed by atoms with Crippen molar-refractivity contribution in [1.29, 1.82) is 0 Å². The van der Waals surface area contributed by atoms with E-state index in [1.807, 2.05) is 6.92 Å². The Morgan fingerprint density at radius 2 is 1.74 bits per heavy atom. The average molecular weight is 450 g/mol. The van der Waals surface area contributed by atoms with Gasteiger partial charge in [0.05, 0.1) is 10.5 Å². The molecule has 0 aliphatic carbocycles. The predicted molar refractivity (Wildman–Crippen MR) is 112 cm³/mol. The fraction of sp³-hybridized carbons (Fsp3) is 0.286. The fourth-order valence-corrected chi connectivity index (χ4v) is 3.17. The van der Waals surface area contributed by atoms with Crippen molar-refractivity contribution in [2.45, 2.75) is 37.5 Å². The molecule has 2 aromatic carbocycles. The topological polar surface area (TPSA) is 133 Å². The number of amides is 1. The van der Waals surface area contributed by atoms with Crippen LogP contribution in [0.4, 0.5) is 10.1 Å². The van der Waals surface area contributed by atoms with Gasteiger partial charge in [-0.05, 0) is 48.9 Å². The molecule has 0 heterocycles. The second kappa shape index (κ2) is 10.8. The lowest BCUT2D eigenvalue weighted by molar-refractivity contribution is -0.116. The minimum Gasteiger partial charge on any atom is -0.454 e. The van der Waals surface area contributed by atoms with Gasteiger partial charge in [0.15, 0.2) is 12.4 Å². The number of primary sulfonamides is 1. The van der Waals surface area contributed by atoms with Crippen LogP contribution < -0.4 is 10.5 Å². The average Bonchev–Trinajstić information content (AvgIpc) is 2.72. The minimum absolute atomic E-state index is 0.120. The highest BCUT2D eigenvalue weighted by Crippen LogP contribution is 2.16. The van der Waals surface area contributed by atoms with Gasteiger partial charge in [-0.25, -0.2) is 22.7 Å². The van der Waals surface area contributed by atoms with E-state index in [1.165, 1.54) is 12.1 Å². The number of hydrogen-bond acceptors (Lipinski definition) is 6. The Morgan fingerprint density at radius 1 is 1.06 bits per heavy atom. The number of hydrogen-bond donors (Lipinski definition) is 2. The Hall–Kier alpha value is -3.11. The van der Waals surface area contributed by atoms with Gasteiger partial charge in [0.1, 0.15) is 5.82 Å². The molecule has 166 valence electrons. The quantitative estimate of drug-likeness (QED) is 0.325. The molecule has 0 bridgehead atoms. The van der Waals surface area contributed by atoms with Gasteiger partial charge in [-0.1, -0.05) is 19.8 Å². The van der Waals surface area contributed by atoms with Crippen LogP contribution in [-0.4, -0.2) is 32.7 Å². The summed E-state index contributed by atoms with van der Waals surface area (Å²) >= 11 is 0. The number of sulfonamides is 1. The van der Waals surface area contributed by atoms with Gasteiger partial charge in [0, 0.05) is 17.7 Å². The predicted octanol–water partition coefficient (Wildman–Crippen LogP) is 3.03. The van der Waals surface area contributed by atoms with Crippen LogP contribution in [0.15, 0.2) is 47.4 Å². The summed E-state index contributed by atoms with van der Waals surface area (Å²) < 4.78 is 41.4. The molecule has 1 amide bonds. The molecule has 10 heteroatoms. The molecule has 0 unspecified atom stereocenters. The van der Waals surface area contributed by atoms with Gasteiger partial charge in [-0.3, -0.25) is 9.59 Å². The number of ketones is 1. The van der Waals surface area contributed by atoms with Crippen molar-refractivity contribution in [3.63, 3.8) is 0 Å². The summed E-state index contributed by atoms with van der Waals surface area (Å²) in [6.45, 7) is 1.36. The minimum atomic E-state index is -4.14. The molecule has 2 aromatic rings. The van der Waals surface area contributed by atoms with Gasteiger partial charge < -0.3 is 10.1 Å². The van der Waals surface area contributed by atoms with Crippen LogP contribution in [-0.2, 0) is 19.6 Å². The number of benzene rings is 2. The molecule has 3 N–H and O–H groups in total. The second-order valence-corrected chi connectivity index (χ2v) is 8.33. The molecule has 0 atom stereocenters. The van der Waals surface area contributed by atoms with Gasteiger partial charge in [0.25, 0.3) is 0 Å². The van der Waals surface area contributed by atoms with Crippen LogP contribution in [0, 0.1) is 5.82 Å². The van der Waals surface area contributed by atoms with E-state index in [2.05, 4.69) is 5.32 Å². The smallest absolute Gasteiger partial charge is 0.341 e. The van der Waals surface area contributed by atoms with Crippen molar-refractivity contribution in [3.8, 4) is 0 Å². The number of anilines is 1. The zero-order valence-corrected chi connectivity index (χ0v) is 17.7. The third-order valence-electron chi connectivity index (χ3n) is 4.32. The molecular formula is C21H23FN2O6S. The lowest BCUT2D eigenvalue weighted by Gasteiger charge is -2.08. The summed E-state index contributed by atoms with van der Waals surface area (Å²) in [6, 6.07) is 8.43. The van der Waals surface area contributed by atoms with Crippen LogP contribution >= 0.6 is 0 Å². The third kappa shape index (κ3) is 7.26. The maximum absolute atomic E-state index is 13.8. The van der Waals surface area contributed by atoms with Crippen molar-refractivity contribution < 1.29 is 31.9 Å². The van der Waals surface area contributed by atoms with E-state index < -0.39 is 44.7 Å². The Labute approximate surface area is 179 Å². The van der Waals surface area contributed by atoms with Crippen molar-refractivity contribution in [2.75, 3.05) is 11.9 Å². The van der Waals surface area contributed by atoms with E-state index in [9.17, 15) is 27.2 Å². The van der Waals surface area contributed by atoms with E-state index in [4.69, 9.17) is 9.88 Å². The Bertz CT molecular complexity index is 1070.